The molecule has 0 saturated carbocycles. The van der Waals surface area contributed by atoms with Crippen LogP contribution < -0.4 is 11.1 Å². The molecule has 0 radical (unpaired) electrons. The molecule has 1 aromatic heterocycles. The molecule has 1 aromatic carbocycles. The number of amidine groups is 1. The number of amides is 2. The van der Waals surface area contributed by atoms with E-state index in [9.17, 15) is 19.5 Å². The van der Waals surface area contributed by atoms with E-state index in [4.69, 9.17) is 21.0 Å². The molecule has 5 heterocycles. The number of nitrogens with two attached hydrogens (primary N) is 1. The lowest BCUT2D eigenvalue weighted by molar-refractivity contribution is -0.150. The second kappa shape index (κ2) is 15.8. The highest BCUT2D eigenvalue weighted by molar-refractivity contribution is 8.00. The number of aromatic nitrogens is 1. The number of rotatable bonds is 11. The molecule has 6 rings (SSSR count). The molecule has 2 atom stereocenters. The monoisotopic (exact) mass is 729 g/mol. The number of nitrogens with zero attached hydrogens (tertiary/aromatic N) is 6. The van der Waals surface area contributed by atoms with Crippen LogP contribution >= 0.6 is 23.1 Å². The predicted molar refractivity (Wildman–Crippen MR) is 198 cm³/mol. The van der Waals surface area contributed by atoms with Gasteiger partial charge in [-0.2, -0.15) is 0 Å². The summed E-state index contributed by atoms with van der Waals surface area (Å²) in [5.74, 6) is -1.60. The van der Waals surface area contributed by atoms with Crippen LogP contribution in [0.1, 0.15) is 43.0 Å². The average molecular weight is 730 g/mol. The molecule has 4 aliphatic rings. The summed E-state index contributed by atoms with van der Waals surface area (Å²) in [4.78, 5) is 58.0. The van der Waals surface area contributed by atoms with E-state index in [1.165, 1.54) is 30.2 Å². The van der Waals surface area contributed by atoms with Crippen molar-refractivity contribution >= 4 is 63.3 Å². The van der Waals surface area contributed by atoms with E-state index >= 15 is 0 Å². The van der Waals surface area contributed by atoms with E-state index < -0.39 is 29.2 Å². The highest BCUT2D eigenvalue weighted by Crippen LogP contribution is 2.40. The van der Waals surface area contributed by atoms with Gasteiger partial charge in [-0.3, -0.25) is 24.9 Å². The molecule has 2 aromatic rings. The van der Waals surface area contributed by atoms with Crippen LogP contribution in [0.25, 0.3) is 0 Å². The SMILES string of the molecule is C/C=C\C=C1C(=NCC2=C(C(=O)O)N3C(=O)[C@@H](NC(=O)/C(=N\OC)c4csc(N)n4)[C@H]3SC2)C=CN1Cc1ccc(C(=N)N2CCCCC2)cc1. The number of carboxylic acids is 1. The second-order valence-corrected chi connectivity index (χ2v) is 14.1. The molecule has 2 fully saturated rings. The number of benzene rings is 1. The van der Waals surface area contributed by atoms with Gasteiger partial charge in [-0.1, -0.05) is 41.6 Å². The number of oxime groups is 1. The van der Waals surface area contributed by atoms with Gasteiger partial charge in [0, 0.05) is 42.5 Å². The summed E-state index contributed by atoms with van der Waals surface area (Å²) < 4.78 is 0. The fourth-order valence-electron chi connectivity index (χ4n) is 6.27. The maximum Gasteiger partial charge on any atom is 0.352 e. The van der Waals surface area contributed by atoms with E-state index in [0.717, 1.165) is 54.1 Å². The topological polar surface area (TPSA) is 190 Å². The number of likely N-dealkylation sites (tertiary alicyclic amines) is 1. The van der Waals surface area contributed by atoms with E-state index in [1.807, 2.05) is 61.7 Å². The first-order valence-corrected chi connectivity index (χ1v) is 18.4. The minimum atomic E-state index is -1.24. The number of thioether (sulfide) groups is 1. The number of hydrogen-bond donors (Lipinski definition) is 4. The first-order chi connectivity index (χ1) is 24.7. The molecule has 0 aliphatic carbocycles. The van der Waals surface area contributed by atoms with Crippen molar-refractivity contribution in [1.29, 1.82) is 5.41 Å². The van der Waals surface area contributed by atoms with Gasteiger partial charge in [0.1, 0.15) is 35.8 Å². The number of anilines is 1. The van der Waals surface area contributed by atoms with Crippen LogP contribution in [0.4, 0.5) is 5.13 Å². The Morgan fingerprint density at radius 3 is 2.65 bits per heavy atom. The van der Waals surface area contributed by atoms with Crippen molar-refractivity contribution in [3.8, 4) is 0 Å². The summed E-state index contributed by atoms with van der Waals surface area (Å²) in [5, 5.41) is 26.4. The number of aliphatic carboxylic acids is 1. The largest absolute Gasteiger partial charge is 0.477 e. The summed E-state index contributed by atoms with van der Waals surface area (Å²) in [6.07, 6.45) is 13.1. The number of β-lactam (4-membered cyclic amide) rings is 1. The third-order valence-corrected chi connectivity index (χ3v) is 10.8. The zero-order chi connectivity index (χ0) is 36.1. The lowest BCUT2D eigenvalue weighted by atomic mass is 10.0. The van der Waals surface area contributed by atoms with Gasteiger partial charge in [0.2, 0.25) is 0 Å². The Morgan fingerprint density at radius 2 is 1.98 bits per heavy atom. The number of fused-ring (bicyclic) bond motifs is 1. The van der Waals surface area contributed by atoms with Crippen molar-refractivity contribution in [3.63, 3.8) is 0 Å². The van der Waals surface area contributed by atoms with Crippen LogP contribution in [0.3, 0.4) is 0 Å². The molecule has 2 amide bonds. The number of nitrogens with one attached hydrogen (secondary N) is 2. The second-order valence-electron chi connectivity index (χ2n) is 12.1. The average Bonchev–Trinajstić information content (AvgIpc) is 3.75. The van der Waals surface area contributed by atoms with Gasteiger partial charge in [-0.25, -0.2) is 9.78 Å². The van der Waals surface area contributed by atoms with Crippen molar-refractivity contribution in [2.75, 3.05) is 38.2 Å². The summed E-state index contributed by atoms with van der Waals surface area (Å²) in [6.45, 7) is 4.43. The maximum absolute atomic E-state index is 13.3. The number of piperidine rings is 1. The number of nitrogen functional groups attached to an aromatic ring is 1. The summed E-state index contributed by atoms with van der Waals surface area (Å²) in [5.41, 5.74) is 9.66. The zero-order valence-corrected chi connectivity index (χ0v) is 29.9. The van der Waals surface area contributed by atoms with Gasteiger partial charge in [0.15, 0.2) is 10.8 Å². The van der Waals surface area contributed by atoms with Crippen LogP contribution in [0.2, 0.25) is 0 Å². The molecule has 0 spiro atoms. The number of carboxylic acid groups (broad SMARTS) is 1. The standard InChI is InChI=1S/C35H39N9O5S2/c1-3-4-8-26-24(13-16-43(26)18-21-9-11-22(12-10-21)30(36)42-14-6-5-7-15-42)38-17-23-19-50-33-28(32(46)44(33)29(23)34(47)48)40-31(45)27(41-49-2)25-20-51-35(37)39-25/h3-4,8-13,16,20,28,33,36H,5-7,14-15,17-19H2,1-2H3,(H2,37,39)(H,40,45)(H,47,48)/b4-3-,26-8?,36-30?,38-24?,41-27-/t28-,33-/m1/s1. The van der Waals surface area contributed by atoms with Crippen molar-refractivity contribution in [3.05, 3.63) is 93.9 Å². The Morgan fingerprint density at radius 1 is 1.22 bits per heavy atom. The van der Waals surface area contributed by atoms with Gasteiger partial charge < -0.3 is 30.8 Å². The Hall–Kier alpha value is -5.22. The number of hydrogen-bond acceptors (Lipinski definition) is 12. The number of allylic oxidation sites excluding steroid dienone is 4. The minimum Gasteiger partial charge on any atom is -0.477 e. The molecule has 51 heavy (non-hydrogen) atoms. The van der Waals surface area contributed by atoms with E-state index in [1.54, 1.807) is 5.38 Å². The van der Waals surface area contributed by atoms with Crippen LogP contribution in [-0.2, 0) is 25.8 Å². The fourth-order valence-corrected chi connectivity index (χ4v) is 8.15. The molecule has 16 heteroatoms. The maximum atomic E-state index is 13.3. The Kier molecular flexibility index (Phi) is 11.0. The molecule has 4 aliphatic heterocycles. The predicted octanol–water partition coefficient (Wildman–Crippen LogP) is 3.56. The third-order valence-electron chi connectivity index (χ3n) is 8.82. The normalized spacial score (nSPS) is 22.2. The van der Waals surface area contributed by atoms with E-state index in [2.05, 4.69) is 25.3 Å². The van der Waals surface area contributed by atoms with E-state index in [0.29, 0.717) is 29.4 Å². The third kappa shape index (κ3) is 7.61. The molecule has 266 valence electrons. The van der Waals surface area contributed by atoms with Crippen LogP contribution in [0.5, 0.6) is 0 Å². The van der Waals surface area contributed by atoms with Crippen molar-refractivity contribution < 1.29 is 24.3 Å². The molecular weight excluding hydrogens is 691 g/mol. The van der Waals surface area contributed by atoms with Gasteiger partial charge in [0.25, 0.3) is 11.8 Å². The number of carbonyl (C=O) groups is 3. The molecular formula is C35H39N9O5S2. The summed E-state index contributed by atoms with van der Waals surface area (Å²) in [7, 11) is 1.28. The van der Waals surface area contributed by atoms with Gasteiger partial charge in [-0.15, -0.1) is 23.1 Å². The molecule has 5 N–H and O–H groups in total. The van der Waals surface area contributed by atoms with Crippen molar-refractivity contribution in [2.24, 2.45) is 10.1 Å². The molecule has 0 bridgehead atoms. The Balaban J connectivity index is 1.14. The van der Waals surface area contributed by atoms with Crippen LogP contribution in [0.15, 0.2) is 87.3 Å². The molecule has 14 nitrogen and oxygen atoms in total. The smallest absolute Gasteiger partial charge is 0.352 e. The lowest BCUT2D eigenvalue weighted by Crippen LogP contribution is -2.71. The highest BCUT2D eigenvalue weighted by atomic mass is 32.2. The summed E-state index contributed by atoms with van der Waals surface area (Å²) in [6, 6.07) is 7.13. The number of aliphatic imine (C=N–C) groups is 1. The van der Waals surface area contributed by atoms with Crippen molar-refractivity contribution in [1.82, 2.24) is 25.0 Å². The Labute approximate surface area is 303 Å². The number of thiazole rings is 1. The van der Waals surface area contributed by atoms with Crippen LogP contribution in [0, 0.1) is 5.41 Å². The first kappa shape index (κ1) is 35.6. The minimum absolute atomic E-state index is 0.0754. The fraction of sp³-hybridized carbons (Fsp3) is 0.343. The van der Waals surface area contributed by atoms with Gasteiger partial charge >= 0.3 is 5.97 Å². The quantitative estimate of drug-likeness (QED) is 0.115. The molecule has 0 unspecified atom stereocenters. The van der Waals surface area contributed by atoms with E-state index in [-0.39, 0.29) is 28.8 Å². The Bertz CT molecular complexity index is 1890. The summed E-state index contributed by atoms with van der Waals surface area (Å²) >= 11 is 2.48. The van der Waals surface area contributed by atoms with Crippen LogP contribution in [-0.4, -0.2) is 104 Å². The number of carbonyl (C=O) groups excluding carboxylic acids is 2. The first-order valence-electron chi connectivity index (χ1n) is 16.5. The van der Waals surface area contributed by atoms with Gasteiger partial charge in [-0.05, 0) is 49.5 Å². The zero-order valence-electron chi connectivity index (χ0n) is 28.2. The van der Waals surface area contributed by atoms with Crippen molar-refractivity contribution in [2.45, 2.75) is 44.1 Å². The van der Waals surface area contributed by atoms with Gasteiger partial charge in [0.05, 0.1) is 18.0 Å². The highest BCUT2D eigenvalue weighted by Gasteiger charge is 2.54. The molecule has 2 saturated heterocycles. The lowest BCUT2D eigenvalue weighted by Gasteiger charge is -2.49.